The number of alkyl halides is 1. The van der Waals surface area contributed by atoms with E-state index >= 15 is 0 Å². The van der Waals surface area contributed by atoms with Gasteiger partial charge in [0, 0.05) is 36.5 Å². The lowest BCUT2D eigenvalue weighted by molar-refractivity contribution is 0.0729. The van der Waals surface area contributed by atoms with Crippen molar-refractivity contribution >= 4 is 5.91 Å². The molecule has 1 amide bonds. The number of hydrogen-bond donors (Lipinski definition) is 1. The van der Waals surface area contributed by atoms with E-state index in [9.17, 15) is 9.18 Å². The van der Waals surface area contributed by atoms with Gasteiger partial charge in [0.1, 0.15) is 11.9 Å². The Kier molecular flexibility index (Phi) is 4.45. The minimum absolute atomic E-state index is 0.116. The molecule has 0 aromatic carbocycles. The van der Waals surface area contributed by atoms with Crippen LogP contribution < -0.4 is 5.32 Å². The first kappa shape index (κ1) is 16.7. The molecule has 0 radical (unpaired) electrons. The molecule has 1 fully saturated rings. The van der Waals surface area contributed by atoms with Gasteiger partial charge in [-0.15, -0.1) is 0 Å². The number of amides is 1. The summed E-state index contributed by atoms with van der Waals surface area (Å²) in [7, 11) is 1.81. The Morgan fingerprint density at radius 2 is 2.17 bits per heavy atom. The number of hydrogen-bond acceptors (Lipinski definition) is 4. The number of carbonyl (C=O) groups is 1. The Morgan fingerprint density at radius 3 is 2.79 bits per heavy atom. The van der Waals surface area contributed by atoms with E-state index in [0.717, 1.165) is 11.4 Å². The predicted molar refractivity (Wildman–Crippen MR) is 88.3 cm³/mol. The van der Waals surface area contributed by atoms with Crippen LogP contribution in [-0.2, 0) is 0 Å². The van der Waals surface area contributed by atoms with Crippen molar-refractivity contribution in [3.63, 3.8) is 0 Å². The smallest absolute Gasteiger partial charge is 0.256 e. The molecule has 1 N–H and O–H groups in total. The first-order chi connectivity index (χ1) is 11.4. The van der Waals surface area contributed by atoms with Gasteiger partial charge in [-0.25, -0.2) is 4.39 Å². The molecule has 130 valence electrons. The van der Waals surface area contributed by atoms with Crippen LogP contribution in [0.2, 0.25) is 0 Å². The third-order valence-electron chi connectivity index (χ3n) is 4.57. The maximum Gasteiger partial charge on any atom is 0.256 e. The molecule has 24 heavy (non-hydrogen) atoms. The second-order valence-electron chi connectivity index (χ2n) is 6.42. The molecular formula is C17H23FN4O2. The predicted octanol–water partition coefficient (Wildman–Crippen LogP) is 2.16. The molecule has 7 heteroatoms. The fourth-order valence-corrected chi connectivity index (χ4v) is 3.48. The molecule has 6 nitrogen and oxygen atoms in total. The summed E-state index contributed by atoms with van der Waals surface area (Å²) in [5.74, 6) is 1.23. The molecule has 3 rings (SSSR count). The van der Waals surface area contributed by atoms with E-state index in [0.29, 0.717) is 30.1 Å². The number of likely N-dealkylation sites (N-methyl/N-ethyl adjacent to an activating group) is 1. The Hall–Kier alpha value is -2.15. The number of aromatic nitrogens is 2. The molecule has 1 aliphatic rings. The van der Waals surface area contributed by atoms with Gasteiger partial charge in [-0.1, -0.05) is 5.16 Å². The van der Waals surface area contributed by atoms with Crippen LogP contribution in [0.5, 0.6) is 0 Å². The van der Waals surface area contributed by atoms with Crippen LogP contribution in [0.15, 0.2) is 16.7 Å². The van der Waals surface area contributed by atoms with Crippen molar-refractivity contribution in [1.29, 1.82) is 0 Å². The Labute approximate surface area is 140 Å². The lowest BCUT2D eigenvalue weighted by atomic mass is 10.1. The van der Waals surface area contributed by atoms with Gasteiger partial charge in [-0.2, -0.15) is 0 Å². The summed E-state index contributed by atoms with van der Waals surface area (Å²) in [6, 6.07) is 3.55. The van der Waals surface area contributed by atoms with Gasteiger partial charge in [0.25, 0.3) is 5.91 Å². The fourth-order valence-electron chi connectivity index (χ4n) is 3.48. The number of likely N-dealkylation sites (tertiary alicyclic amines) is 1. The molecule has 0 bridgehead atoms. The lowest BCUT2D eigenvalue weighted by Gasteiger charge is -2.24. The highest BCUT2D eigenvalue weighted by Crippen LogP contribution is 2.26. The molecule has 2 atom stereocenters. The van der Waals surface area contributed by atoms with Crippen LogP contribution in [0.3, 0.4) is 0 Å². The summed E-state index contributed by atoms with van der Waals surface area (Å²) in [6.07, 6.45) is -0.581. The highest BCUT2D eigenvalue weighted by molar-refractivity contribution is 5.96. The maximum atomic E-state index is 13.8. The number of nitrogens with one attached hydrogen (secondary N) is 1. The van der Waals surface area contributed by atoms with Crippen molar-refractivity contribution < 1.29 is 13.7 Å². The van der Waals surface area contributed by atoms with Gasteiger partial charge in [-0.3, -0.25) is 9.36 Å². The monoisotopic (exact) mass is 334 g/mol. The molecule has 0 spiro atoms. The van der Waals surface area contributed by atoms with Crippen LogP contribution >= 0.6 is 0 Å². The molecule has 2 aromatic rings. The van der Waals surface area contributed by atoms with Crippen LogP contribution in [0.25, 0.3) is 5.82 Å². The van der Waals surface area contributed by atoms with Crippen LogP contribution in [0, 0.1) is 20.8 Å². The van der Waals surface area contributed by atoms with Gasteiger partial charge in [0.2, 0.25) is 0 Å². The third-order valence-corrected chi connectivity index (χ3v) is 4.57. The zero-order chi connectivity index (χ0) is 17.4. The van der Waals surface area contributed by atoms with Crippen molar-refractivity contribution in [2.45, 2.75) is 39.4 Å². The normalized spacial score (nSPS) is 20.8. The summed E-state index contributed by atoms with van der Waals surface area (Å²) in [6.45, 7) is 6.36. The standard InChI is InChI=1S/C17H23FN4O2/c1-10-5-15(12(3)22(10)16-6-11(2)24-20-16)17(23)21-9-13(18)7-14(21)8-19-4/h5-6,13-14,19H,7-9H2,1-4H3/t13-,14-/m0/s1. The number of aryl methyl sites for hydroxylation is 2. The number of nitrogens with zero attached hydrogens (tertiary/aromatic N) is 3. The summed E-state index contributed by atoms with van der Waals surface area (Å²) in [5.41, 5.74) is 2.27. The number of carbonyl (C=O) groups excluding carboxylic acids is 1. The van der Waals surface area contributed by atoms with Crippen molar-refractivity contribution in [2.24, 2.45) is 0 Å². The largest absolute Gasteiger partial charge is 0.360 e. The average molecular weight is 334 g/mol. The van der Waals surface area contributed by atoms with Gasteiger partial charge >= 0.3 is 0 Å². The van der Waals surface area contributed by atoms with Gasteiger partial charge < -0.3 is 14.7 Å². The quantitative estimate of drug-likeness (QED) is 0.931. The van der Waals surface area contributed by atoms with E-state index in [1.54, 1.807) is 4.90 Å². The molecule has 0 unspecified atom stereocenters. The van der Waals surface area contributed by atoms with Crippen LogP contribution in [0.4, 0.5) is 4.39 Å². The zero-order valence-electron chi connectivity index (χ0n) is 14.5. The van der Waals surface area contributed by atoms with E-state index in [2.05, 4.69) is 10.5 Å². The summed E-state index contributed by atoms with van der Waals surface area (Å²) in [5, 5.41) is 7.07. The van der Waals surface area contributed by atoms with E-state index < -0.39 is 6.17 Å². The SMILES string of the molecule is CNC[C@@H]1C[C@H](F)CN1C(=O)c1cc(C)n(-c2cc(C)on2)c1C. The topological polar surface area (TPSA) is 63.3 Å². The highest BCUT2D eigenvalue weighted by Gasteiger charge is 2.36. The molecule has 0 saturated carbocycles. The molecular weight excluding hydrogens is 311 g/mol. The molecule has 0 aliphatic carbocycles. The number of rotatable bonds is 4. The Morgan fingerprint density at radius 1 is 1.42 bits per heavy atom. The van der Waals surface area contributed by atoms with E-state index in [-0.39, 0.29) is 18.5 Å². The fraction of sp³-hybridized carbons (Fsp3) is 0.529. The van der Waals surface area contributed by atoms with E-state index in [1.165, 1.54) is 0 Å². The maximum absolute atomic E-state index is 13.8. The average Bonchev–Trinajstić information content (AvgIpc) is 3.18. The summed E-state index contributed by atoms with van der Waals surface area (Å²) in [4.78, 5) is 14.6. The van der Waals surface area contributed by atoms with Gasteiger partial charge in [0.05, 0.1) is 12.1 Å². The first-order valence-corrected chi connectivity index (χ1v) is 8.14. The Balaban J connectivity index is 1.94. The number of halogens is 1. The van der Waals surface area contributed by atoms with E-state index in [4.69, 9.17) is 4.52 Å². The molecule has 1 aliphatic heterocycles. The first-order valence-electron chi connectivity index (χ1n) is 8.14. The van der Waals surface area contributed by atoms with Crippen molar-refractivity contribution in [3.05, 3.63) is 34.8 Å². The second kappa shape index (κ2) is 6.39. The minimum atomic E-state index is -0.964. The van der Waals surface area contributed by atoms with Crippen molar-refractivity contribution in [2.75, 3.05) is 20.1 Å². The molecule has 2 aromatic heterocycles. The van der Waals surface area contributed by atoms with Crippen LogP contribution in [-0.4, -0.2) is 52.9 Å². The third kappa shape index (κ3) is 2.84. The van der Waals surface area contributed by atoms with Gasteiger partial charge in [-0.05, 0) is 33.9 Å². The highest BCUT2D eigenvalue weighted by atomic mass is 19.1. The summed E-state index contributed by atoms with van der Waals surface area (Å²) < 4.78 is 20.9. The summed E-state index contributed by atoms with van der Waals surface area (Å²) >= 11 is 0. The lowest BCUT2D eigenvalue weighted by Crippen LogP contribution is -2.41. The molecule has 1 saturated heterocycles. The minimum Gasteiger partial charge on any atom is -0.360 e. The van der Waals surface area contributed by atoms with E-state index in [1.807, 2.05) is 44.5 Å². The second-order valence-corrected chi connectivity index (χ2v) is 6.42. The zero-order valence-corrected chi connectivity index (χ0v) is 14.5. The van der Waals surface area contributed by atoms with Crippen LogP contribution in [0.1, 0.15) is 33.9 Å². The molecule has 3 heterocycles. The van der Waals surface area contributed by atoms with Crippen molar-refractivity contribution in [3.8, 4) is 5.82 Å². The van der Waals surface area contributed by atoms with Gasteiger partial charge in [0.15, 0.2) is 5.82 Å². The Bertz CT molecular complexity index is 752. The van der Waals surface area contributed by atoms with Crippen molar-refractivity contribution in [1.82, 2.24) is 19.9 Å².